The van der Waals surface area contributed by atoms with Crippen molar-refractivity contribution in [3.63, 3.8) is 0 Å². The number of carboxylic acids is 1. The van der Waals surface area contributed by atoms with E-state index in [1.54, 1.807) is 6.07 Å². The molecule has 1 aromatic rings. The lowest BCUT2D eigenvalue weighted by Gasteiger charge is -2.13. The van der Waals surface area contributed by atoms with Gasteiger partial charge in [0.1, 0.15) is 5.60 Å². The molecule has 6 nitrogen and oxygen atoms in total. The molecule has 0 aromatic heterocycles. The normalized spacial score (nSPS) is 18.2. The minimum Gasteiger partial charge on any atom is -0.504 e. The second-order valence-electron chi connectivity index (χ2n) is 8.87. The number of carbonyl (C=O) groups is 2. The predicted octanol–water partition coefficient (Wildman–Crippen LogP) is 4.48. The van der Waals surface area contributed by atoms with Crippen LogP contribution in [0.5, 0.6) is 11.5 Å². The fraction of sp³-hybridized carbons (Fsp3) is 0.652. The van der Waals surface area contributed by atoms with Gasteiger partial charge in [-0.05, 0) is 87.8 Å². The number of aryl methyl sites for hydroxylation is 2. The van der Waals surface area contributed by atoms with Crippen LogP contribution in [0.2, 0.25) is 0 Å². The van der Waals surface area contributed by atoms with E-state index in [0.29, 0.717) is 12.9 Å². The number of phenols is 2. The van der Waals surface area contributed by atoms with E-state index in [4.69, 9.17) is 4.74 Å². The number of benzene rings is 1. The van der Waals surface area contributed by atoms with Gasteiger partial charge in [0.2, 0.25) is 0 Å². The van der Waals surface area contributed by atoms with Gasteiger partial charge >= 0.3 is 5.97 Å². The van der Waals surface area contributed by atoms with E-state index in [-0.39, 0.29) is 17.1 Å². The summed E-state index contributed by atoms with van der Waals surface area (Å²) in [6, 6.07) is 3.58. The summed E-state index contributed by atoms with van der Waals surface area (Å²) in [6.45, 7) is 0.534. The monoisotopic (exact) mass is 404 g/mol. The van der Waals surface area contributed by atoms with Crippen molar-refractivity contribution in [2.45, 2.75) is 89.1 Å². The number of carbonyl (C=O) groups excluding carboxylic acids is 1. The molecule has 1 aromatic carbocycles. The second-order valence-corrected chi connectivity index (χ2v) is 8.87. The van der Waals surface area contributed by atoms with Gasteiger partial charge < -0.3 is 20.1 Å². The summed E-state index contributed by atoms with van der Waals surface area (Å²) in [5.74, 6) is -0.782. The van der Waals surface area contributed by atoms with Crippen LogP contribution in [-0.4, -0.2) is 33.4 Å². The summed E-state index contributed by atoms with van der Waals surface area (Å²) >= 11 is 0. The number of hydrogen-bond donors (Lipinski definition) is 3. The van der Waals surface area contributed by atoms with Crippen molar-refractivity contribution in [2.75, 3.05) is 0 Å². The van der Waals surface area contributed by atoms with Crippen LogP contribution >= 0.6 is 0 Å². The van der Waals surface area contributed by atoms with Gasteiger partial charge in [-0.2, -0.15) is 0 Å². The summed E-state index contributed by atoms with van der Waals surface area (Å²) < 4.78 is 5.15. The summed E-state index contributed by atoms with van der Waals surface area (Å²) in [7, 11) is 0. The molecule has 0 saturated heterocycles. The number of phenolic OH excluding ortho intramolecular Hbond substituents is 2. The maximum Gasteiger partial charge on any atom is 0.309 e. The van der Waals surface area contributed by atoms with Crippen LogP contribution in [0.3, 0.4) is 0 Å². The maximum absolute atomic E-state index is 11.2. The predicted molar refractivity (Wildman–Crippen MR) is 108 cm³/mol. The molecule has 0 spiro atoms. The average Bonchev–Trinajstić information content (AvgIpc) is 3.59. The van der Waals surface area contributed by atoms with E-state index in [1.165, 1.54) is 0 Å². The number of unbranched alkanes of at least 4 members (excludes halogenated alkanes) is 3. The standard InChI is InChI=1S/C23H32O6/c24-16-29-23(12-13-23)9-5-3-7-18-14-17(15-19(25)20(18)26)6-2-1-4-8-22(10-11-22)21(27)28/h14-16,25-26H,1-13H2,(H,27,28). The Morgan fingerprint density at radius 1 is 0.966 bits per heavy atom. The Morgan fingerprint density at radius 2 is 1.66 bits per heavy atom. The number of hydrogen-bond acceptors (Lipinski definition) is 5. The van der Waals surface area contributed by atoms with E-state index in [9.17, 15) is 24.9 Å². The second kappa shape index (κ2) is 9.06. The summed E-state index contributed by atoms with van der Waals surface area (Å²) in [6.07, 6.45) is 11.1. The van der Waals surface area contributed by atoms with Crippen molar-refractivity contribution in [1.82, 2.24) is 0 Å². The lowest BCUT2D eigenvalue weighted by atomic mass is 9.96. The fourth-order valence-electron chi connectivity index (χ4n) is 4.20. The Kier molecular flexibility index (Phi) is 6.70. The molecule has 2 saturated carbocycles. The minimum absolute atomic E-state index is 0.0452. The quantitative estimate of drug-likeness (QED) is 0.240. The summed E-state index contributed by atoms with van der Waals surface area (Å²) in [5, 5.41) is 29.4. The average molecular weight is 405 g/mol. The summed E-state index contributed by atoms with van der Waals surface area (Å²) in [5.41, 5.74) is 1.06. The molecule has 0 bridgehead atoms. The van der Waals surface area contributed by atoms with Gasteiger partial charge in [0.15, 0.2) is 11.5 Å². The molecule has 0 radical (unpaired) electrons. The van der Waals surface area contributed by atoms with Crippen LogP contribution in [0.4, 0.5) is 0 Å². The largest absolute Gasteiger partial charge is 0.504 e. The lowest BCUT2D eigenvalue weighted by molar-refractivity contribution is -0.143. The summed E-state index contributed by atoms with van der Waals surface area (Å²) in [4.78, 5) is 21.7. The first kappa shape index (κ1) is 21.5. The van der Waals surface area contributed by atoms with Crippen LogP contribution in [0.15, 0.2) is 12.1 Å². The molecule has 160 valence electrons. The third kappa shape index (κ3) is 5.64. The zero-order chi connectivity index (χ0) is 20.9. The first-order valence-electron chi connectivity index (χ1n) is 10.8. The molecule has 3 N–H and O–H groups in total. The molecule has 29 heavy (non-hydrogen) atoms. The number of aliphatic carboxylic acids is 1. The molecule has 2 aliphatic carbocycles. The lowest BCUT2D eigenvalue weighted by Crippen LogP contribution is -2.14. The van der Waals surface area contributed by atoms with Crippen LogP contribution in [0.1, 0.15) is 81.8 Å². The van der Waals surface area contributed by atoms with Crippen LogP contribution in [-0.2, 0) is 27.2 Å². The highest BCUT2D eigenvalue weighted by Crippen LogP contribution is 2.50. The number of ether oxygens (including phenoxy) is 1. The van der Waals surface area contributed by atoms with Gasteiger partial charge in [0.05, 0.1) is 5.41 Å². The third-order valence-electron chi connectivity index (χ3n) is 6.59. The highest BCUT2D eigenvalue weighted by Gasteiger charge is 2.49. The molecule has 6 heteroatoms. The van der Waals surface area contributed by atoms with Crippen molar-refractivity contribution in [3.05, 3.63) is 23.3 Å². The molecule has 0 heterocycles. The number of aromatic hydroxyl groups is 2. The number of rotatable bonds is 14. The Balaban J connectivity index is 1.41. The highest BCUT2D eigenvalue weighted by molar-refractivity contribution is 5.77. The first-order chi connectivity index (χ1) is 13.9. The third-order valence-corrected chi connectivity index (χ3v) is 6.59. The van der Waals surface area contributed by atoms with E-state index in [0.717, 1.165) is 88.2 Å². The molecular weight excluding hydrogens is 372 g/mol. The smallest absolute Gasteiger partial charge is 0.309 e. The van der Waals surface area contributed by atoms with Gasteiger partial charge in [-0.25, -0.2) is 0 Å². The van der Waals surface area contributed by atoms with Gasteiger partial charge in [0, 0.05) is 0 Å². The zero-order valence-corrected chi connectivity index (χ0v) is 17.0. The molecule has 0 amide bonds. The Labute approximate surface area is 171 Å². The van der Waals surface area contributed by atoms with Crippen molar-refractivity contribution >= 4 is 12.4 Å². The van der Waals surface area contributed by atoms with Gasteiger partial charge in [0.25, 0.3) is 6.47 Å². The van der Waals surface area contributed by atoms with E-state index < -0.39 is 11.4 Å². The van der Waals surface area contributed by atoms with Gasteiger partial charge in [-0.1, -0.05) is 18.9 Å². The molecule has 0 aliphatic heterocycles. The maximum atomic E-state index is 11.2. The highest BCUT2D eigenvalue weighted by atomic mass is 16.5. The van der Waals surface area contributed by atoms with Crippen LogP contribution < -0.4 is 0 Å². The molecule has 2 aliphatic rings. The van der Waals surface area contributed by atoms with E-state index >= 15 is 0 Å². The van der Waals surface area contributed by atoms with E-state index in [2.05, 4.69) is 0 Å². The van der Waals surface area contributed by atoms with Crippen LogP contribution in [0.25, 0.3) is 0 Å². The molecule has 0 atom stereocenters. The molecule has 2 fully saturated rings. The van der Waals surface area contributed by atoms with E-state index in [1.807, 2.05) is 6.07 Å². The SMILES string of the molecule is O=COC1(CCCCc2cc(CCCCCC3(C(=O)O)CC3)cc(O)c2O)CC1. The van der Waals surface area contributed by atoms with Gasteiger partial charge in [-0.15, -0.1) is 0 Å². The van der Waals surface area contributed by atoms with Crippen molar-refractivity contribution < 1.29 is 29.6 Å². The molecular formula is C23H32O6. The Morgan fingerprint density at radius 3 is 2.28 bits per heavy atom. The minimum atomic E-state index is -0.657. The topological polar surface area (TPSA) is 104 Å². The molecule has 0 unspecified atom stereocenters. The van der Waals surface area contributed by atoms with Crippen LogP contribution in [0, 0.1) is 5.41 Å². The number of carboxylic acid groups (broad SMARTS) is 1. The fourth-order valence-corrected chi connectivity index (χ4v) is 4.20. The van der Waals surface area contributed by atoms with Gasteiger partial charge in [-0.3, -0.25) is 9.59 Å². The Hall–Kier alpha value is -2.24. The van der Waals surface area contributed by atoms with Crippen molar-refractivity contribution in [2.24, 2.45) is 5.41 Å². The van der Waals surface area contributed by atoms with Crippen molar-refractivity contribution in [1.29, 1.82) is 0 Å². The first-order valence-corrected chi connectivity index (χ1v) is 10.8. The Bertz CT molecular complexity index is 733. The zero-order valence-electron chi connectivity index (χ0n) is 17.0. The van der Waals surface area contributed by atoms with Crippen molar-refractivity contribution in [3.8, 4) is 11.5 Å². The molecule has 3 rings (SSSR count).